The molecule has 3 rings (SSSR count). The number of nitrogens with one attached hydrogen (secondary N) is 1. The molecule has 2 aliphatic rings. The number of aliphatic hydroxyl groups is 1. The maximum absolute atomic E-state index is 10.2. The Morgan fingerprint density at radius 3 is 2.81 bits per heavy atom. The van der Waals surface area contributed by atoms with Crippen LogP contribution in [0.1, 0.15) is 37.7 Å². The Hall–Kier alpha value is -1.21. The van der Waals surface area contributed by atoms with Crippen molar-refractivity contribution in [3.05, 3.63) is 30.1 Å². The van der Waals surface area contributed by atoms with Gasteiger partial charge in [-0.05, 0) is 69.9 Å². The van der Waals surface area contributed by atoms with Crippen molar-refractivity contribution in [3.8, 4) is 0 Å². The predicted octanol–water partition coefficient (Wildman–Crippen LogP) is 2.41. The standard InChI is InChI=1S/C20H31ClN4O2/c21-19(24-27-16-18(26)15-25-11-2-1-3-12-25)20(6-9-22-10-7-20)13-17-5-4-8-23-14-17/h4-5,8,14,18,22,26H,1-3,6-7,9-13,15-16H2/b24-19-. The van der Waals surface area contributed by atoms with E-state index in [0.717, 1.165) is 51.0 Å². The first-order valence-electron chi connectivity index (χ1n) is 10.0. The van der Waals surface area contributed by atoms with Crippen molar-refractivity contribution in [1.29, 1.82) is 0 Å². The van der Waals surface area contributed by atoms with Crippen molar-refractivity contribution in [1.82, 2.24) is 15.2 Å². The van der Waals surface area contributed by atoms with Crippen molar-refractivity contribution in [2.45, 2.75) is 44.6 Å². The lowest BCUT2D eigenvalue weighted by Gasteiger charge is -2.36. The van der Waals surface area contributed by atoms with E-state index in [-0.39, 0.29) is 12.0 Å². The molecule has 1 aromatic rings. The molecular formula is C20H31ClN4O2. The molecule has 1 unspecified atom stereocenters. The van der Waals surface area contributed by atoms with E-state index in [4.69, 9.17) is 16.4 Å². The highest BCUT2D eigenvalue weighted by atomic mass is 35.5. The molecule has 0 amide bonds. The number of rotatable bonds is 8. The van der Waals surface area contributed by atoms with E-state index in [9.17, 15) is 5.11 Å². The number of hydrogen-bond acceptors (Lipinski definition) is 6. The summed E-state index contributed by atoms with van der Waals surface area (Å²) in [6.45, 7) is 4.74. The van der Waals surface area contributed by atoms with E-state index >= 15 is 0 Å². The van der Waals surface area contributed by atoms with Crippen molar-refractivity contribution >= 4 is 16.8 Å². The molecule has 0 aromatic carbocycles. The van der Waals surface area contributed by atoms with E-state index in [1.807, 2.05) is 12.3 Å². The summed E-state index contributed by atoms with van der Waals surface area (Å²) in [6, 6.07) is 4.02. The van der Waals surface area contributed by atoms with Crippen LogP contribution in [0.15, 0.2) is 29.7 Å². The van der Waals surface area contributed by atoms with Gasteiger partial charge < -0.3 is 20.2 Å². The summed E-state index contributed by atoms with van der Waals surface area (Å²) in [4.78, 5) is 12.0. The number of aromatic nitrogens is 1. The number of β-amino-alcohol motifs (C(OH)–C–C–N with tert-alkyl or cyclic N) is 1. The molecular weight excluding hydrogens is 364 g/mol. The zero-order chi connectivity index (χ0) is 19.0. The average molecular weight is 395 g/mol. The van der Waals surface area contributed by atoms with Gasteiger partial charge in [0.05, 0.1) is 0 Å². The Bertz CT molecular complexity index is 587. The molecule has 3 heterocycles. The Kier molecular flexibility index (Phi) is 7.88. The summed E-state index contributed by atoms with van der Waals surface area (Å²) in [5.41, 5.74) is 0.922. The Labute approximate surface area is 166 Å². The number of piperidine rings is 2. The molecule has 0 spiro atoms. The van der Waals surface area contributed by atoms with E-state index in [0.29, 0.717) is 11.7 Å². The van der Waals surface area contributed by atoms with Gasteiger partial charge in [0.25, 0.3) is 0 Å². The molecule has 0 radical (unpaired) electrons. The number of nitrogens with zero attached hydrogens (tertiary/aromatic N) is 3. The highest BCUT2D eigenvalue weighted by Crippen LogP contribution is 2.36. The number of aliphatic hydroxyl groups excluding tert-OH is 1. The maximum atomic E-state index is 10.2. The van der Waals surface area contributed by atoms with Gasteiger partial charge in [-0.1, -0.05) is 29.2 Å². The molecule has 0 bridgehead atoms. The van der Waals surface area contributed by atoms with Crippen LogP contribution in [0.2, 0.25) is 0 Å². The van der Waals surface area contributed by atoms with Gasteiger partial charge in [-0.15, -0.1) is 0 Å². The van der Waals surface area contributed by atoms with Gasteiger partial charge in [0.2, 0.25) is 0 Å². The third-order valence-electron chi connectivity index (χ3n) is 5.59. The highest BCUT2D eigenvalue weighted by Gasteiger charge is 2.37. The molecule has 1 atom stereocenters. The lowest BCUT2D eigenvalue weighted by molar-refractivity contribution is 0.0149. The molecule has 150 valence electrons. The molecule has 0 aliphatic carbocycles. The first-order chi connectivity index (χ1) is 13.2. The van der Waals surface area contributed by atoms with Crippen molar-refractivity contribution in [3.63, 3.8) is 0 Å². The minimum atomic E-state index is -0.543. The van der Waals surface area contributed by atoms with Crippen LogP contribution < -0.4 is 5.32 Å². The zero-order valence-corrected chi connectivity index (χ0v) is 16.7. The van der Waals surface area contributed by atoms with Gasteiger partial charge in [0.1, 0.15) is 12.7 Å². The summed E-state index contributed by atoms with van der Waals surface area (Å²) in [6.07, 6.45) is 9.44. The topological polar surface area (TPSA) is 70.0 Å². The van der Waals surface area contributed by atoms with Crippen LogP contribution in [0.3, 0.4) is 0 Å². The van der Waals surface area contributed by atoms with E-state index < -0.39 is 6.10 Å². The van der Waals surface area contributed by atoms with Crippen LogP contribution in [0, 0.1) is 5.41 Å². The third kappa shape index (κ3) is 6.14. The molecule has 2 saturated heterocycles. The van der Waals surface area contributed by atoms with E-state index in [2.05, 4.69) is 26.4 Å². The Balaban J connectivity index is 1.55. The smallest absolute Gasteiger partial charge is 0.152 e. The second kappa shape index (κ2) is 10.4. The fraction of sp³-hybridized carbons (Fsp3) is 0.700. The number of halogens is 1. The summed E-state index contributed by atoms with van der Waals surface area (Å²) < 4.78 is 0. The minimum absolute atomic E-state index is 0.175. The lowest BCUT2D eigenvalue weighted by atomic mass is 9.75. The van der Waals surface area contributed by atoms with Gasteiger partial charge in [-0.25, -0.2) is 0 Å². The van der Waals surface area contributed by atoms with Crippen LogP contribution in [0.5, 0.6) is 0 Å². The zero-order valence-electron chi connectivity index (χ0n) is 15.9. The van der Waals surface area contributed by atoms with Crippen LogP contribution in [0.25, 0.3) is 0 Å². The molecule has 0 saturated carbocycles. The number of oxime groups is 1. The third-order valence-corrected chi connectivity index (χ3v) is 6.06. The first kappa shape index (κ1) is 20.5. The number of pyridine rings is 1. The summed E-state index contributed by atoms with van der Waals surface area (Å²) >= 11 is 6.63. The quantitative estimate of drug-likeness (QED) is 0.523. The summed E-state index contributed by atoms with van der Waals surface area (Å²) in [5, 5.41) is 18.3. The molecule has 7 heteroatoms. The van der Waals surface area contributed by atoms with E-state index in [1.54, 1.807) is 6.20 Å². The normalized spacial score (nSPS) is 22.4. The summed E-state index contributed by atoms with van der Waals surface area (Å²) in [5.74, 6) is 0. The molecule has 1 aromatic heterocycles. The van der Waals surface area contributed by atoms with E-state index in [1.165, 1.54) is 19.3 Å². The van der Waals surface area contributed by atoms with Gasteiger partial charge in [-0.3, -0.25) is 4.98 Å². The lowest BCUT2D eigenvalue weighted by Crippen LogP contribution is -2.42. The van der Waals surface area contributed by atoms with Crippen LogP contribution in [-0.4, -0.2) is 65.6 Å². The van der Waals surface area contributed by atoms with Crippen molar-refractivity contribution < 1.29 is 9.94 Å². The van der Waals surface area contributed by atoms with Crippen molar-refractivity contribution in [2.24, 2.45) is 10.6 Å². The van der Waals surface area contributed by atoms with Crippen LogP contribution in [0.4, 0.5) is 0 Å². The average Bonchev–Trinajstić information content (AvgIpc) is 2.70. The highest BCUT2D eigenvalue weighted by molar-refractivity contribution is 6.66. The Morgan fingerprint density at radius 2 is 2.11 bits per heavy atom. The molecule has 2 aliphatic heterocycles. The van der Waals surface area contributed by atoms with Crippen LogP contribution >= 0.6 is 11.6 Å². The van der Waals surface area contributed by atoms with Crippen molar-refractivity contribution in [2.75, 3.05) is 39.3 Å². The minimum Gasteiger partial charge on any atom is -0.392 e. The fourth-order valence-corrected chi connectivity index (χ4v) is 4.33. The van der Waals surface area contributed by atoms with Gasteiger partial charge in [0.15, 0.2) is 5.17 Å². The molecule has 2 N–H and O–H groups in total. The van der Waals surface area contributed by atoms with Crippen LogP contribution in [-0.2, 0) is 11.3 Å². The fourth-order valence-electron chi connectivity index (χ4n) is 4.02. The molecule has 2 fully saturated rings. The second-order valence-electron chi connectivity index (χ2n) is 7.76. The summed E-state index contributed by atoms with van der Waals surface area (Å²) in [7, 11) is 0. The second-order valence-corrected chi connectivity index (χ2v) is 8.12. The molecule has 27 heavy (non-hydrogen) atoms. The predicted molar refractivity (Wildman–Crippen MR) is 108 cm³/mol. The maximum Gasteiger partial charge on any atom is 0.152 e. The van der Waals surface area contributed by atoms with Gasteiger partial charge >= 0.3 is 0 Å². The molecule has 6 nitrogen and oxygen atoms in total. The first-order valence-corrected chi connectivity index (χ1v) is 10.4. The van der Waals surface area contributed by atoms with Gasteiger partial charge in [0, 0.05) is 24.4 Å². The number of likely N-dealkylation sites (tertiary alicyclic amines) is 1. The monoisotopic (exact) mass is 394 g/mol. The SMILES string of the molecule is OC(CO/N=C(\Cl)C1(Cc2cccnc2)CCNCC1)CN1CCCCC1. The van der Waals surface area contributed by atoms with Gasteiger partial charge in [-0.2, -0.15) is 0 Å². The Morgan fingerprint density at radius 1 is 1.33 bits per heavy atom. The largest absolute Gasteiger partial charge is 0.392 e. The number of hydrogen-bond donors (Lipinski definition) is 2.